The summed E-state index contributed by atoms with van der Waals surface area (Å²) in [4.78, 5) is 24.5. The molecular weight excluding hydrogens is 258 g/mol. The van der Waals surface area contributed by atoms with E-state index in [9.17, 15) is 9.59 Å². The van der Waals surface area contributed by atoms with Gasteiger partial charge in [-0.05, 0) is 26.7 Å². The molecule has 112 valence electrons. The molecule has 0 spiro atoms. The molecule has 1 rings (SSSR count). The minimum absolute atomic E-state index is 0.0741. The van der Waals surface area contributed by atoms with Crippen molar-refractivity contribution in [2.24, 2.45) is 0 Å². The lowest BCUT2D eigenvalue weighted by Crippen LogP contribution is -2.29. The number of nitrogens with zero attached hydrogens (tertiary/aromatic N) is 3. The normalized spacial score (nSPS) is 10.6. The lowest BCUT2D eigenvalue weighted by atomic mass is 10.1. The number of hydrogen-bond donors (Lipinski definition) is 1. The SMILES string of the molecule is CCCn1nc(C)c(C(=O)N(C)CCCC(=O)O)c1C. The molecule has 1 heterocycles. The summed E-state index contributed by atoms with van der Waals surface area (Å²) in [7, 11) is 1.69. The number of rotatable bonds is 7. The van der Waals surface area contributed by atoms with Gasteiger partial charge in [-0.3, -0.25) is 14.3 Å². The Morgan fingerprint density at radius 2 is 2.00 bits per heavy atom. The van der Waals surface area contributed by atoms with Crippen LogP contribution in [0.25, 0.3) is 0 Å². The molecule has 0 aliphatic carbocycles. The molecule has 0 fully saturated rings. The van der Waals surface area contributed by atoms with E-state index < -0.39 is 5.97 Å². The molecule has 1 amide bonds. The smallest absolute Gasteiger partial charge is 0.303 e. The van der Waals surface area contributed by atoms with E-state index >= 15 is 0 Å². The van der Waals surface area contributed by atoms with Gasteiger partial charge in [-0.25, -0.2) is 0 Å². The van der Waals surface area contributed by atoms with Crippen molar-refractivity contribution in [2.45, 2.75) is 46.6 Å². The van der Waals surface area contributed by atoms with Gasteiger partial charge in [0, 0.05) is 32.3 Å². The molecule has 6 heteroatoms. The largest absolute Gasteiger partial charge is 0.481 e. The number of amides is 1. The summed E-state index contributed by atoms with van der Waals surface area (Å²) >= 11 is 0. The van der Waals surface area contributed by atoms with Crippen molar-refractivity contribution in [3.63, 3.8) is 0 Å². The van der Waals surface area contributed by atoms with Gasteiger partial charge in [-0.1, -0.05) is 6.92 Å². The zero-order chi connectivity index (χ0) is 15.3. The van der Waals surface area contributed by atoms with E-state index in [0.717, 1.165) is 24.4 Å². The molecule has 0 radical (unpaired) electrons. The maximum atomic E-state index is 12.4. The van der Waals surface area contributed by atoms with E-state index in [1.54, 1.807) is 11.9 Å². The minimum Gasteiger partial charge on any atom is -0.481 e. The first-order valence-corrected chi connectivity index (χ1v) is 6.89. The Morgan fingerprint density at radius 1 is 1.35 bits per heavy atom. The molecule has 0 saturated heterocycles. The first-order chi connectivity index (χ1) is 9.38. The summed E-state index contributed by atoms with van der Waals surface area (Å²) in [5.74, 6) is -0.929. The van der Waals surface area contributed by atoms with Gasteiger partial charge in [0.15, 0.2) is 0 Å². The third kappa shape index (κ3) is 3.82. The van der Waals surface area contributed by atoms with Crippen molar-refractivity contribution >= 4 is 11.9 Å². The Hall–Kier alpha value is -1.85. The monoisotopic (exact) mass is 281 g/mol. The lowest BCUT2D eigenvalue weighted by Gasteiger charge is -2.17. The Bertz CT molecular complexity index is 494. The predicted octanol–water partition coefficient (Wildman–Crippen LogP) is 1.85. The molecule has 0 unspecified atom stereocenters. The van der Waals surface area contributed by atoms with Crippen LogP contribution in [0, 0.1) is 13.8 Å². The molecule has 0 aliphatic heterocycles. The summed E-state index contributed by atoms with van der Waals surface area (Å²) in [5.41, 5.74) is 2.24. The lowest BCUT2D eigenvalue weighted by molar-refractivity contribution is -0.137. The van der Waals surface area contributed by atoms with Gasteiger partial charge >= 0.3 is 5.97 Å². The van der Waals surface area contributed by atoms with Crippen molar-refractivity contribution < 1.29 is 14.7 Å². The van der Waals surface area contributed by atoms with E-state index in [1.807, 2.05) is 18.5 Å². The second-order valence-corrected chi connectivity index (χ2v) is 4.99. The van der Waals surface area contributed by atoms with Crippen molar-refractivity contribution in [1.29, 1.82) is 0 Å². The highest BCUT2D eigenvalue weighted by molar-refractivity contribution is 5.96. The van der Waals surface area contributed by atoms with E-state index in [4.69, 9.17) is 5.11 Å². The first kappa shape index (κ1) is 16.2. The molecule has 0 saturated carbocycles. The zero-order valence-electron chi connectivity index (χ0n) is 12.6. The van der Waals surface area contributed by atoms with Crippen LogP contribution >= 0.6 is 0 Å². The topological polar surface area (TPSA) is 75.4 Å². The summed E-state index contributed by atoms with van der Waals surface area (Å²) in [6.45, 7) is 7.02. The summed E-state index contributed by atoms with van der Waals surface area (Å²) in [5, 5.41) is 13.0. The minimum atomic E-state index is -0.839. The number of carbonyl (C=O) groups is 2. The summed E-state index contributed by atoms with van der Waals surface area (Å²) in [6, 6.07) is 0. The number of carboxylic acids is 1. The average molecular weight is 281 g/mol. The number of aliphatic carboxylic acids is 1. The summed E-state index contributed by atoms with van der Waals surface area (Å²) < 4.78 is 1.85. The number of carbonyl (C=O) groups excluding carboxylic acids is 1. The number of carboxylic acid groups (broad SMARTS) is 1. The van der Waals surface area contributed by atoms with Gasteiger partial charge in [-0.2, -0.15) is 5.10 Å². The molecule has 1 aromatic heterocycles. The maximum absolute atomic E-state index is 12.4. The summed E-state index contributed by atoms with van der Waals surface area (Å²) in [6.07, 6.45) is 1.49. The van der Waals surface area contributed by atoms with Gasteiger partial charge in [0.1, 0.15) is 0 Å². The van der Waals surface area contributed by atoms with Crippen molar-refractivity contribution in [1.82, 2.24) is 14.7 Å². The van der Waals surface area contributed by atoms with Crippen LogP contribution in [0.1, 0.15) is 47.9 Å². The molecule has 0 bridgehead atoms. The van der Waals surface area contributed by atoms with Crippen molar-refractivity contribution in [3.8, 4) is 0 Å². The quantitative estimate of drug-likeness (QED) is 0.827. The number of aryl methyl sites for hydroxylation is 2. The Balaban J connectivity index is 2.78. The van der Waals surface area contributed by atoms with Gasteiger partial charge in [-0.15, -0.1) is 0 Å². The second kappa shape index (κ2) is 7.07. The fraction of sp³-hybridized carbons (Fsp3) is 0.643. The van der Waals surface area contributed by atoms with Gasteiger partial charge in [0.05, 0.1) is 11.3 Å². The van der Waals surface area contributed by atoms with Gasteiger partial charge in [0.25, 0.3) is 5.91 Å². The average Bonchev–Trinajstić information content (AvgIpc) is 2.63. The van der Waals surface area contributed by atoms with Crippen LogP contribution in [0.4, 0.5) is 0 Å². The second-order valence-electron chi connectivity index (χ2n) is 4.99. The third-order valence-electron chi connectivity index (χ3n) is 3.26. The highest BCUT2D eigenvalue weighted by atomic mass is 16.4. The maximum Gasteiger partial charge on any atom is 0.303 e. The van der Waals surface area contributed by atoms with Crippen LogP contribution in [0.5, 0.6) is 0 Å². The van der Waals surface area contributed by atoms with Crippen LogP contribution in [0.2, 0.25) is 0 Å². The van der Waals surface area contributed by atoms with Crippen LogP contribution in [0.15, 0.2) is 0 Å². The van der Waals surface area contributed by atoms with E-state index in [2.05, 4.69) is 12.0 Å². The van der Waals surface area contributed by atoms with E-state index in [0.29, 0.717) is 18.5 Å². The molecule has 0 aliphatic rings. The molecular formula is C14H23N3O3. The van der Waals surface area contributed by atoms with Gasteiger partial charge in [0.2, 0.25) is 0 Å². The number of aromatic nitrogens is 2. The van der Waals surface area contributed by atoms with Crippen molar-refractivity contribution in [2.75, 3.05) is 13.6 Å². The van der Waals surface area contributed by atoms with Crippen LogP contribution in [-0.4, -0.2) is 45.3 Å². The zero-order valence-corrected chi connectivity index (χ0v) is 12.6. The fourth-order valence-corrected chi connectivity index (χ4v) is 2.20. The van der Waals surface area contributed by atoms with Crippen LogP contribution < -0.4 is 0 Å². The van der Waals surface area contributed by atoms with Gasteiger partial charge < -0.3 is 10.0 Å². The Morgan fingerprint density at radius 3 is 2.55 bits per heavy atom. The highest BCUT2D eigenvalue weighted by Crippen LogP contribution is 2.16. The molecule has 20 heavy (non-hydrogen) atoms. The standard InChI is InChI=1S/C14H23N3O3/c1-5-8-17-11(3)13(10(2)15-17)14(20)16(4)9-6-7-12(18)19/h5-9H2,1-4H3,(H,18,19). The molecule has 0 aromatic carbocycles. The fourth-order valence-electron chi connectivity index (χ4n) is 2.20. The molecule has 1 aromatic rings. The molecule has 6 nitrogen and oxygen atoms in total. The first-order valence-electron chi connectivity index (χ1n) is 6.89. The number of hydrogen-bond acceptors (Lipinski definition) is 3. The van der Waals surface area contributed by atoms with Crippen LogP contribution in [0.3, 0.4) is 0 Å². The highest BCUT2D eigenvalue weighted by Gasteiger charge is 2.21. The van der Waals surface area contributed by atoms with Crippen molar-refractivity contribution in [3.05, 3.63) is 17.0 Å². The third-order valence-corrected chi connectivity index (χ3v) is 3.26. The Kier molecular flexibility index (Phi) is 5.73. The molecule has 1 N–H and O–H groups in total. The predicted molar refractivity (Wildman–Crippen MR) is 75.8 cm³/mol. The van der Waals surface area contributed by atoms with Crippen LogP contribution in [-0.2, 0) is 11.3 Å². The van der Waals surface area contributed by atoms with E-state index in [1.165, 1.54) is 0 Å². The van der Waals surface area contributed by atoms with E-state index in [-0.39, 0.29) is 12.3 Å². The molecule has 0 atom stereocenters. The Labute approximate surface area is 119 Å².